The molecule has 2 aromatic rings. The highest BCUT2D eigenvalue weighted by molar-refractivity contribution is 5.17. The van der Waals surface area contributed by atoms with Crippen LogP contribution >= 0.6 is 0 Å². The van der Waals surface area contributed by atoms with Crippen molar-refractivity contribution in [1.29, 1.82) is 0 Å². The minimum absolute atomic E-state index is 0.312. The molecule has 0 radical (unpaired) electrons. The number of aliphatic hydroxyl groups is 1. The normalized spacial score (nSPS) is 33.4. The Morgan fingerprint density at radius 3 is 2.41 bits per heavy atom. The van der Waals surface area contributed by atoms with Gasteiger partial charge in [0, 0.05) is 12.7 Å². The molecular formula is C21H24O6. The van der Waals surface area contributed by atoms with Gasteiger partial charge in [-0.05, 0) is 5.56 Å². The number of methoxy groups -OCH3 is 1. The van der Waals surface area contributed by atoms with Crippen molar-refractivity contribution in [3.8, 4) is 0 Å². The lowest BCUT2D eigenvalue weighted by Crippen LogP contribution is -2.62. The Balaban J connectivity index is 1.46. The van der Waals surface area contributed by atoms with Crippen LogP contribution in [0.5, 0.6) is 0 Å². The van der Waals surface area contributed by atoms with Crippen molar-refractivity contribution in [3.05, 3.63) is 71.8 Å². The zero-order chi connectivity index (χ0) is 18.6. The zero-order valence-electron chi connectivity index (χ0n) is 15.1. The number of ether oxygens (including phenoxy) is 5. The molecule has 0 spiro atoms. The molecule has 1 N–H and O–H groups in total. The monoisotopic (exact) mass is 372 g/mol. The fourth-order valence-corrected chi connectivity index (χ4v) is 3.48. The highest BCUT2D eigenvalue weighted by Crippen LogP contribution is 2.35. The van der Waals surface area contributed by atoms with Crippen molar-refractivity contribution in [2.24, 2.45) is 0 Å². The molecule has 2 saturated heterocycles. The molecule has 0 aromatic heterocycles. The van der Waals surface area contributed by atoms with Crippen LogP contribution in [0.1, 0.15) is 17.4 Å². The summed E-state index contributed by atoms with van der Waals surface area (Å²) in [6, 6.07) is 19.4. The molecule has 27 heavy (non-hydrogen) atoms. The van der Waals surface area contributed by atoms with E-state index in [1.165, 1.54) is 7.11 Å². The molecule has 0 unspecified atom stereocenters. The Morgan fingerprint density at radius 2 is 1.70 bits per heavy atom. The van der Waals surface area contributed by atoms with Gasteiger partial charge in [-0.2, -0.15) is 0 Å². The third kappa shape index (κ3) is 4.06. The first-order valence-corrected chi connectivity index (χ1v) is 9.10. The fraction of sp³-hybridized carbons (Fsp3) is 0.429. The number of hydrogen-bond donors (Lipinski definition) is 1. The van der Waals surface area contributed by atoms with E-state index in [0.717, 1.165) is 11.1 Å². The maximum Gasteiger partial charge on any atom is 0.186 e. The molecule has 2 fully saturated rings. The van der Waals surface area contributed by atoms with Gasteiger partial charge in [0.2, 0.25) is 0 Å². The molecule has 144 valence electrons. The molecule has 6 nitrogen and oxygen atoms in total. The highest BCUT2D eigenvalue weighted by Gasteiger charge is 2.50. The molecule has 0 aliphatic carbocycles. The van der Waals surface area contributed by atoms with Crippen molar-refractivity contribution in [1.82, 2.24) is 0 Å². The summed E-state index contributed by atoms with van der Waals surface area (Å²) < 4.78 is 29.1. The summed E-state index contributed by atoms with van der Waals surface area (Å²) in [5, 5.41) is 10.9. The lowest BCUT2D eigenvalue weighted by atomic mass is 9.97. The van der Waals surface area contributed by atoms with Crippen molar-refractivity contribution >= 4 is 0 Å². The first-order valence-electron chi connectivity index (χ1n) is 9.10. The Bertz CT molecular complexity index is 703. The molecule has 0 amide bonds. The number of hydrogen-bond acceptors (Lipinski definition) is 6. The minimum Gasteiger partial charge on any atom is -0.387 e. The molecule has 0 bridgehead atoms. The Kier molecular flexibility index (Phi) is 5.83. The van der Waals surface area contributed by atoms with Crippen LogP contribution in [0.2, 0.25) is 0 Å². The Labute approximate surface area is 158 Å². The fourth-order valence-electron chi connectivity index (χ4n) is 3.48. The molecule has 2 aliphatic heterocycles. The van der Waals surface area contributed by atoms with Crippen LogP contribution in [-0.2, 0) is 30.3 Å². The summed E-state index contributed by atoms with van der Waals surface area (Å²) in [6.07, 6.45) is -3.76. The summed E-state index contributed by atoms with van der Waals surface area (Å²) in [7, 11) is 1.54. The van der Waals surface area contributed by atoms with Gasteiger partial charge in [0.1, 0.15) is 24.4 Å². The van der Waals surface area contributed by atoms with E-state index in [2.05, 4.69) is 0 Å². The molecular weight excluding hydrogens is 348 g/mol. The van der Waals surface area contributed by atoms with E-state index in [4.69, 9.17) is 23.7 Å². The van der Waals surface area contributed by atoms with E-state index in [1.807, 2.05) is 60.7 Å². The van der Waals surface area contributed by atoms with Crippen molar-refractivity contribution in [3.63, 3.8) is 0 Å². The number of aliphatic hydroxyl groups excluding tert-OH is 1. The van der Waals surface area contributed by atoms with Crippen molar-refractivity contribution in [2.75, 3.05) is 13.7 Å². The molecule has 2 heterocycles. The molecule has 2 aliphatic rings. The lowest BCUT2D eigenvalue weighted by molar-refractivity contribution is -0.363. The van der Waals surface area contributed by atoms with Crippen LogP contribution < -0.4 is 0 Å². The van der Waals surface area contributed by atoms with E-state index >= 15 is 0 Å². The summed E-state index contributed by atoms with van der Waals surface area (Å²) in [4.78, 5) is 0. The van der Waals surface area contributed by atoms with Gasteiger partial charge < -0.3 is 28.8 Å². The summed E-state index contributed by atoms with van der Waals surface area (Å²) in [6.45, 7) is 0.661. The summed E-state index contributed by atoms with van der Waals surface area (Å²) >= 11 is 0. The molecule has 6 heteroatoms. The van der Waals surface area contributed by atoms with Crippen LogP contribution in [0.15, 0.2) is 60.7 Å². The first kappa shape index (κ1) is 18.6. The molecule has 0 saturated carbocycles. The Hall–Kier alpha value is -1.80. The topological polar surface area (TPSA) is 66.4 Å². The van der Waals surface area contributed by atoms with Gasteiger partial charge >= 0.3 is 0 Å². The largest absolute Gasteiger partial charge is 0.387 e. The maximum atomic E-state index is 10.9. The van der Waals surface area contributed by atoms with Gasteiger partial charge in [-0.25, -0.2) is 0 Å². The average molecular weight is 372 g/mol. The maximum absolute atomic E-state index is 10.9. The van der Waals surface area contributed by atoms with E-state index in [1.54, 1.807) is 0 Å². The van der Waals surface area contributed by atoms with Crippen LogP contribution in [-0.4, -0.2) is 49.5 Å². The third-order valence-electron chi connectivity index (χ3n) is 4.90. The number of benzene rings is 2. The van der Waals surface area contributed by atoms with Crippen LogP contribution in [0.4, 0.5) is 0 Å². The second kappa shape index (κ2) is 8.48. The second-order valence-electron chi connectivity index (χ2n) is 6.71. The highest BCUT2D eigenvalue weighted by atomic mass is 16.8. The van der Waals surface area contributed by atoms with E-state index in [0.29, 0.717) is 13.2 Å². The summed E-state index contributed by atoms with van der Waals surface area (Å²) in [5.74, 6) is 0. The number of fused-ring (bicyclic) bond motifs is 1. The third-order valence-corrected chi connectivity index (χ3v) is 4.90. The quantitative estimate of drug-likeness (QED) is 0.870. The predicted molar refractivity (Wildman–Crippen MR) is 96.7 cm³/mol. The molecule has 6 atom stereocenters. The van der Waals surface area contributed by atoms with E-state index in [-0.39, 0.29) is 0 Å². The first-order chi connectivity index (χ1) is 13.3. The molecule has 4 rings (SSSR count). The SMILES string of the molecule is CO[C@H]1O[C@@H]2CO[C@@H](c3ccccc3)O[C@H]2[C@H](O)[C@@H]1OCc1ccccc1. The van der Waals surface area contributed by atoms with Gasteiger partial charge in [0.25, 0.3) is 0 Å². The minimum atomic E-state index is -0.896. The van der Waals surface area contributed by atoms with Crippen LogP contribution in [0, 0.1) is 0 Å². The standard InChI is InChI=1S/C21H24O6/c1-23-21-19(24-12-14-8-4-2-5-9-14)17(22)18-16(26-21)13-25-20(27-18)15-10-6-3-7-11-15/h2-11,16-22H,12-13H2,1H3/t16-,17+,18-,19+,20-,21+/m1/s1. The van der Waals surface area contributed by atoms with E-state index in [9.17, 15) is 5.11 Å². The second-order valence-corrected chi connectivity index (χ2v) is 6.71. The smallest absolute Gasteiger partial charge is 0.186 e. The van der Waals surface area contributed by atoms with Gasteiger partial charge in [0.15, 0.2) is 12.6 Å². The lowest BCUT2D eigenvalue weighted by Gasteiger charge is -2.47. The summed E-state index contributed by atoms with van der Waals surface area (Å²) in [5.41, 5.74) is 1.91. The van der Waals surface area contributed by atoms with Gasteiger partial charge in [0.05, 0.1) is 13.2 Å². The Morgan fingerprint density at radius 1 is 1.00 bits per heavy atom. The predicted octanol–water partition coefficient (Wildman–Crippen LogP) is 2.42. The van der Waals surface area contributed by atoms with E-state index < -0.39 is 37.0 Å². The van der Waals surface area contributed by atoms with Gasteiger partial charge in [-0.1, -0.05) is 60.7 Å². The zero-order valence-corrected chi connectivity index (χ0v) is 15.1. The number of rotatable bonds is 5. The van der Waals surface area contributed by atoms with Crippen LogP contribution in [0.3, 0.4) is 0 Å². The van der Waals surface area contributed by atoms with Gasteiger partial charge in [-0.15, -0.1) is 0 Å². The van der Waals surface area contributed by atoms with Crippen LogP contribution in [0.25, 0.3) is 0 Å². The van der Waals surface area contributed by atoms with Crippen molar-refractivity contribution in [2.45, 2.75) is 43.6 Å². The van der Waals surface area contributed by atoms with Gasteiger partial charge in [-0.3, -0.25) is 0 Å². The van der Waals surface area contributed by atoms with Crippen molar-refractivity contribution < 1.29 is 28.8 Å². The molecule has 2 aromatic carbocycles. The average Bonchev–Trinajstić information content (AvgIpc) is 2.74.